The third kappa shape index (κ3) is 2.84. The second kappa shape index (κ2) is 5.79. The number of aryl methyl sites for hydroxylation is 1. The largest absolute Gasteiger partial charge is 0.253 e. The first kappa shape index (κ1) is 14.6. The summed E-state index contributed by atoms with van der Waals surface area (Å²) in [5, 5.41) is 1.30. The Hall–Kier alpha value is -1.37. The van der Waals surface area contributed by atoms with Crippen molar-refractivity contribution in [3.8, 4) is 0 Å². The van der Waals surface area contributed by atoms with Gasteiger partial charge in [0.25, 0.3) is 0 Å². The Balaban J connectivity index is 2.04. The van der Waals surface area contributed by atoms with Gasteiger partial charge in [-0.2, -0.15) is 0 Å². The number of pyridine rings is 1. The van der Waals surface area contributed by atoms with Crippen molar-refractivity contribution in [3.05, 3.63) is 41.6 Å². The summed E-state index contributed by atoms with van der Waals surface area (Å²) in [6, 6.07) is 10.9. The predicted molar refractivity (Wildman–Crippen MR) is 90.6 cm³/mol. The maximum atomic E-state index is 5.03. The lowest BCUT2D eigenvalue weighted by atomic mass is 9.68. The third-order valence-corrected chi connectivity index (χ3v) is 5.34. The van der Waals surface area contributed by atoms with Crippen LogP contribution in [0.2, 0.25) is 0 Å². The van der Waals surface area contributed by atoms with Crippen LogP contribution in [0.3, 0.4) is 0 Å². The molecule has 1 aromatic carbocycles. The lowest BCUT2D eigenvalue weighted by molar-refractivity contribution is 0.194. The maximum Gasteiger partial charge on any atom is 0.0708 e. The molecule has 1 heterocycles. The number of para-hydroxylation sites is 1. The van der Waals surface area contributed by atoms with E-state index in [1.165, 1.54) is 35.9 Å². The number of nitrogens with zero attached hydrogens (tertiary/aromatic N) is 1. The summed E-state index contributed by atoms with van der Waals surface area (Å²) in [7, 11) is 0. The quantitative estimate of drug-likeness (QED) is 0.686. The van der Waals surface area contributed by atoms with Crippen LogP contribution in [-0.4, -0.2) is 4.98 Å². The highest BCUT2D eigenvalue weighted by atomic mass is 14.7. The van der Waals surface area contributed by atoms with Gasteiger partial charge in [-0.3, -0.25) is 4.98 Å². The van der Waals surface area contributed by atoms with Crippen LogP contribution < -0.4 is 0 Å². The van der Waals surface area contributed by atoms with Crippen LogP contribution in [0.25, 0.3) is 10.9 Å². The molecule has 3 atom stereocenters. The van der Waals surface area contributed by atoms with Gasteiger partial charge in [0.05, 0.1) is 5.52 Å². The van der Waals surface area contributed by atoms with Crippen LogP contribution >= 0.6 is 0 Å². The van der Waals surface area contributed by atoms with Gasteiger partial charge in [-0.25, -0.2) is 0 Å². The van der Waals surface area contributed by atoms with Gasteiger partial charge in [0.1, 0.15) is 0 Å². The van der Waals surface area contributed by atoms with Crippen LogP contribution in [-0.2, 0) is 0 Å². The Bertz CT molecular complexity index is 629. The fourth-order valence-corrected chi connectivity index (χ4v) is 4.11. The van der Waals surface area contributed by atoms with Gasteiger partial charge in [-0.05, 0) is 55.2 Å². The molecule has 0 amide bonds. The molecule has 0 bridgehead atoms. The normalized spacial score (nSPS) is 26.4. The second-order valence-corrected chi connectivity index (χ2v) is 7.31. The van der Waals surface area contributed by atoms with Gasteiger partial charge in [-0.1, -0.05) is 45.4 Å². The molecule has 1 heteroatoms. The highest BCUT2D eigenvalue weighted by molar-refractivity contribution is 5.82. The van der Waals surface area contributed by atoms with Crippen molar-refractivity contribution in [2.24, 2.45) is 17.8 Å². The average molecular weight is 281 g/mol. The molecular formula is C20H27N. The predicted octanol–water partition coefficient (Wildman–Crippen LogP) is 5.72. The van der Waals surface area contributed by atoms with E-state index in [1.54, 1.807) is 0 Å². The van der Waals surface area contributed by atoms with Crippen molar-refractivity contribution in [3.63, 3.8) is 0 Å². The van der Waals surface area contributed by atoms with Gasteiger partial charge in [0, 0.05) is 17.0 Å². The van der Waals surface area contributed by atoms with E-state index in [0.29, 0.717) is 5.92 Å². The van der Waals surface area contributed by atoms with Crippen molar-refractivity contribution < 1.29 is 0 Å². The van der Waals surface area contributed by atoms with E-state index >= 15 is 0 Å². The SMILES string of the molecule is Cc1cc([C@H]2C[C@@H](C)CC[C@@H]2C(C)C)nc2ccccc12. The van der Waals surface area contributed by atoms with Gasteiger partial charge in [0.2, 0.25) is 0 Å². The lowest BCUT2D eigenvalue weighted by Gasteiger charge is -2.37. The third-order valence-electron chi connectivity index (χ3n) is 5.34. The second-order valence-electron chi connectivity index (χ2n) is 7.31. The number of fused-ring (bicyclic) bond motifs is 1. The lowest BCUT2D eigenvalue weighted by Crippen LogP contribution is -2.26. The Morgan fingerprint density at radius 3 is 2.67 bits per heavy atom. The van der Waals surface area contributed by atoms with Crippen LogP contribution in [0.5, 0.6) is 0 Å². The number of hydrogen-bond donors (Lipinski definition) is 0. The monoisotopic (exact) mass is 281 g/mol. The Morgan fingerprint density at radius 1 is 1.14 bits per heavy atom. The molecular weight excluding hydrogens is 254 g/mol. The van der Waals surface area contributed by atoms with E-state index in [4.69, 9.17) is 4.98 Å². The fourth-order valence-electron chi connectivity index (χ4n) is 4.11. The zero-order valence-corrected chi connectivity index (χ0v) is 13.8. The maximum absolute atomic E-state index is 5.03. The van der Waals surface area contributed by atoms with E-state index in [2.05, 4.69) is 58.0 Å². The first-order chi connectivity index (χ1) is 10.1. The van der Waals surface area contributed by atoms with Crippen molar-refractivity contribution in [2.75, 3.05) is 0 Å². The number of aromatic nitrogens is 1. The Morgan fingerprint density at radius 2 is 1.90 bits per heavy atom. The minimum atomic E-state index is 0.636. The van der Waals surface area contributed by atoms with Crippen molar-refractivity contribution >= 4 is 10.9 Å². The number of rotatable bonds is 2. The van der Waals surface area contributed by atoms with E-state index in [1.807, 2.05) is 0 Å². The molecule has 0 aliphatic heterocycles. The van der Waals surface area contributed by atoms with Crippen molar-refractivity contribution in [2.45, 2.75) is 52.9 Å². The van der Waals surface area contributed by atoms with Gasteiger partial charge in [-0.15, -0.1) is 0 Å². The van der Waals surface area contributed by atoms with Crippen molar-refractivity contribution in [1.82, 2.24) is 4.98 Å². The summed E-state index contributed by atoms with van der Waals surface area (Å²) in [5.74, 6) is 3.00. The Kier molecular flexibility index (Phi) is 4.01. The summed E-state index contributed by atoms with van der Waals surface area (Å²) in [6.45, 7) is 9.38. The molecule has 0 spiro atoms. The smallest absolute Gasteiger partial charge is 0.0708 e. The molecule has 0 radical (unpaired) electrons. The van der Waals surface area contributed by atoms with E-state index in [9.17, 15) is 0 Å². The molecule has 1 saturated carbocycles. The molecule has 1 nitrogen and oxygen atoms in total. The molecule has 112 valence electrons. The minimum absolute atomic E-state index is 0.636. The topological polar surface area (TPSA) is 12.9 Å². The summed E-state index contributed by atoms with van der Waals surface area (Å²) in [5.41, 5.74) is 3.86. The molecule has 1 fully saturated rings. The van der Waals surface area contributed by atoms with Gasteiger partial charge >= 0.3 is 0 Å². The fraction of sp³-hybridized carbons (Fsp3) is 0.550. The first-order valence-electron chi connectivity index (χ1n) is 8.42. The zero-order chi connectivity index (χ0) is 15.0. The molecule has 0 saturated heterocycles. The molecule has 0 unspecified atom stereocenters. The first-order valence-corrected chi connectivity index (χ1v) is 8.42. The number of benzene rings is 1. The number of hydrogen-bond acceptors (Lipinski definition) is 1. The molecule has 1 aliphatic carbocycles. The average Bonchev–Trinajstić information content (AvgIpc) is 2.46. The van der Waals surface area contributed by atoms with Crippen LogP contribution in [0, 0.1) is 24.7 Å². The van der Waals surface area contributed by atoms with E-state index in [0.717, 1.165) is 23.3 Å². The minimum Gasteiger partial charge on any atom is -0.253 e. The van der Waals surface area contributed by atoms with E-state index < -0.39 is 0 Å². The standard InChI is InChI=1S/C20H27N/c1-13(2)16-10-9-14(3)11-18(16)20-12-15(4)17-7-5-6-8-19(17)21-20/h5-8,12-14,16,18H,9-11H2,1-4H3/t14-,16+,18-/m0/s1. The van der Waals surface area contributed by atoms with Crippen LogP contribution in [0.1, 0.15) is 57.2 Å². The van der Waals surface area contributed by atoms with Crippen LogP contribution in [0.4, 0.5) is 0 Å². The molecule has 21 heavy (non-hydrogen) atoms. The van der Waals surface area contributed by atoms with E-state index in [-0.39, 0.29) is 0 Å². The van der Waals surface area contributed by atoms with Crippen molar-refractivity contribution in [1.29, 1.82) is 0 Å². The summed E-state index contributed by atoms with van der Waals surface area (Å²) >= 11 is 0. The molecule has 1 aliphatic rings. The molecule has 0 N–H and O–H groups in total. The summed E-state index contributed by atoms with van der Waals surface area (Å²) < 4.78 is 0. The van der Waals surface area contributed by atoms with Gasteiger partial charge in [0.15, 0.2) is 0 Å². The Labute approximate surface area is 128 Å². The molecule has 1 aromatic heterocycles. The summed E-state index contributed by atoms with van der Waals surface area (Å²) in [6.07, 6.45) is 4.04. The summed E-state index contributed by atoms with van der Waals surface area (Å²) in [4.78, 5) is 5.03. The highest BCUT2D eigenvalue weighted by Crippen LogP contribution is 2.43. The van der Waals surface area contributed by atoms with Gasteiger partial charge < -0.3 is 0 Å². The van der Waals surface area contributed by atoms with Crippen LogP contribution in [0.15, 0.2) is 30.3 Å². The highest BCUT2D eigenvalue weighted by Gasteiger charge is 2.32. The molecule has 2 aromatic rings. The molecule has 3 rings (SSSR count). The zero-order valence-electron chi connectivity index (χ0n) is 13.8.